The molecule has 0 saturated heterocycles. The number of H-pyrrole nitrogens is 1. The first-order chi connectivity index (χ1) is 11.2. The normalized spacial score (nSPS) is 11.4. The largest absolute Gasteiger partial charge is 0.494 e. The lowest BCUT2D eigenvalue weighted by Gasteiger charge is -2.07. The zero-order valence-corrected chi connectivity index (χ0v) is 12.8. The first-order valence-electron chi connectivity index (χ1n) is 7.32. The molecule has 0 aliphatic rings. The Hall–Kier alpha value is -3.09. The summed E-state index contributed by atoms with van der Waals surface area (Å²) in [6.07, 6.45) is 3.41. The van der Waals surface area contributed by atoms with Gasteiger partial charge in [0, 0.05) is 18.8 Å². The van der Waals surface area contributed by atoms with Crippen molar-refractivity contribution in [1.82, 2.24) is 24.1 Å². The number of nitrogens with one attached hydrogen (secondary N) is 1. The average Bonchev–Trinajstić information content (AvgIpc) is 3.13. The quantitative estimate of drug-likeness (QED) is 0.628. The van der Waals surface area contributed by atoms with Crippen molar-refractivity contribution in [1.29, 1.82) is 0 Å². The van der Waals surface area contributed by atoms with Gasteiger partial charge in [0.05, 0.1) is 30.2 Å². The van der Waals surface area contributed by atoms with E-state index in [4.69, 9.17) is 4.74 Å². The molecule has 0 fully saturated rings. The molecule has 1 aromatic carbocycles. The fourth-order valence-electron chi connectivity index (χ4n) is 2.85. The number of pyridine rings is 1. The zero-order chi connectivity index (χ0) is 16.0. The summed E-state index contributed by atoms with van der Waals surface area (Å²) in [7, 11) is 1.58. The van der Waals surface area contributed by atoms with E-state index in [2.05, 4.69) is 21.9 Å². The van der Waals surface area contributed by atoms with E-state index in [0.29, 0.717) is 16.9 Å². The van der Waals surface area contributed by atoms with Gasteiger partial charge in [0.25, 0.3) is 0 Å². The molecule has 0 amide bonds. The predicted octanol–water partition coefficient (Wildman–Crippen LogP) is 2.09. The monoisotopic (exact) mass is 309 g/mol. The van der Waals surface area contributed by atoms with E-state index in [1.165, 1.54) is 0 Å². The number of ether oxygens (including phenoxy) is 1. The van der Waals surface area contributed by atoms with Crippen molar-refractivity contribution in [2.75, 3.05) is 7.11 Å². The van der Waals surface area contributed by atoms with Gasteiger partial charge >= 0.3 is 5.69 Å². The molecule has 7 nitrogen and oxygen atoms in total. The predicted molar refractivity (Wildman–Crippen MR) is 87.2 cm³/mol. The summed E-state index contributed by atoms with van der Waals surface area (Å²) < 4.78 is 9.00. The third kappa shape index (κ3) is 1.93. The number of hydrogen-bond donors (Lipinski definition) is 1. The molecule has 0 saturated carbocycles. The van der Waals surface area contributed by atoms with Gasteiger partial charge in [-0.3, -0.25) is 9.55 Å². The van der Waals surface area contributed by atoms with E-state index in [9.17, 15) is 4.79 Å². The number of rotatable bonds is 3. The highest BCUT2D eigenvalue weighted by Gasteiger charge is 2.15. The van der Waals surface area contributed by atoms with Gasteiger partial charge in [-0.1, -0.05) is 0 Å². The van der Waals surface area contributed by atoms with Gasteiger partial charge in [-0.05, 0) is 25.1 Å². The summed E-state index contributed by atoms with van der Waals surface area (Å²) in [5.74, 6) is 0.595. The van der Waals surface area contributed by atoms with Crippen LogP contribution in [0.25, 0.3) is 27.9 Å². The van der Waals surface area contributed by atoms with Gasteiger partial charge in [0.15, 0.2) is 5.65 Å². The molecular weight excluding hydrogens is 294 g/mol. The Morgan fingerprint density at radius 1 is 1.26 bits per heavy atom. The topological polar surface area (TPSA) is 77.7 Å². The number of benzene rings is 1. The molecule has 3 heterocycles. The Bertz CT molecular complexity index is 1070. The minimum Gasteiger partial charge on any atom is -0.494 e. The summed E-state index contributed by atoms with van der Waals surface area (Å²) in [6, 6.07) is 7.47. The lowest BCUT2D eigenvalue weighted by atomic mass is 10.2. The first kappa shape index (κ1) is 13.6. The number of aromatic nitrogens is 5. The van der Waals surface area contributed by atoms with Crippen LogP contribution in [0.4, 0.5) is 0 Å². The molecule has 0 bridgehead atoms. The van der Waals surface area contributed by atoms with Crippen molar-refractivity contribution in [3.8, 4) is 11.4 Å². The van der Waals surface area contributed by atoms with Crippen molar-refractivity contribution in [3.05, 3.63) is 47.3 Å². The number of aryl methyl sites for hydroxylation is 1. The van der Waals surface area contributed by atoms with Crippen LogP contribution in [0, 0.1) is 0 Å². The van der Waals surface area contributed by atoms with E-state index >= 15 is 0 Å². The summed E-state index contributed by atoms with van der Waals surface area (Å²) in [6.45, 7) is 2.87. The highest BCUT2D eigenvalue weighted by molar-refractivity contribution is 5.83. The van der Waals surface area contributed by atoms with Crippen molar-refractivity contribution in [2.24, 2.45) is 0 Å². The smallest absolute Gasteiger partial charge is 0.332 e. The van der Waals surface area contributed by atoms with Crippen molar-refractivity contribution in [2.45, 2.75) is 13.5 Å². The van der Waals surface area contributed by atoms with E-state index in [1.807, 2.05) is 22.8 Å². The van der Waals surface area contributed by atoms with Crippen LogP contribution >= 0.6 is 0 Å². The van der Waals surface area contributed by atoms with E-state index in [1.54, 1.807) is 30.3 Å². The van der Waals surface area contributed by atoms with Gasteiger partial charge in [-0.15, -0.1) is 0 Å². The molecule has 0 spiro atoms. The zero-order valence-electron chi connectivity index (χ0n) is 12.8. The van der Waals surface area contributed by atoms with Crippen LogP contribution < -0.4 is 10.4 Å². The van der Waals surface area contributed by atoms with Crippen LogP contribution in [0.3, 0.4) is 0 Å². The van der Waals surface area contributed by atoms with Gasteiger partial charge < -0.3 is 9.30 Å². The molecule has 0 aliphatic heterocycles. The Kier molecular flexibility index (Phi) is 2.94. The lowest BCUT2D eigenvalue weighted by Crippen LogP contribution is -2.14. The molecule has 23 heavy (non-hydrogen) atoms. The molecule has 0 radical (unpaired) electrons. The molecule has 0 atom stereocenters. The SMILES string of the molecule is CCn1cnc2ccc(-n3c(=O)[nH]c4nccc(OC)c43)cc21. The van der Waals surface area contributed by atoms with Crippen molar-refractivity contribution in [3.63, 3.8) is 0 Å². The average molecular weight is 309 g/mol. The van der Waals surface area contributed by atoms with E-state index in [0.717, 1.165) is 23.3 Å². The fraction of sp³-hybridized carbons (Fsp3) is 0.188. The van der Waals surface area contributed by atoms with Crippen molar-refractivity contribution >= 4 is 22.2 Å². The number of hydrogen-bond acceptors (Lipinski definition) is 4. The summed E-state index contributed by atoms with van der Waals surface area (Å²) in [5, 5.41) is 0. The number of methoxy groups -OCH3 is 1. The van der Waals surface area contributed by atoms with Crippen molar-refractivity contribution < 1.29 is 4.74 Å². The number of nitrogens with zero attached hydrogens (tertiary/aromatic N) is 4. The standard InChI is InChI=1S/C16H15N5O2/c1-3-20-9-18-11-5-4-10(8-12(11)20)21-14-13(23-2)6-7-17-15(14)19-16(21)22/h4-9H,3H2,1-2H3,(H,17,19,22). The third-order valence-corrected chi connectivity index (χ3v) is 3.96. The van der Waals surface area contributed by atoms with Crippen LogP contribution in [0.1, 0.15) is 6.92 Å². The number of aromatic amines is 1. The number of imidazole rings is 2. The van der Waals surface area contributed by atoms with Gasteiger partial charge in [0.1, 0.15) is 11.3 Å². The van der Waals surface area contributed by atoms with Crippen LogP contribution in [0.5, 0.6) is 5.75 Å². The Morgan fingerprint density at radius 3 is 2.91 bits per heavy atom. The Labute approximate surface area is 131 Å². The highest BCUT2D eigenvalue weighted by Crippen LogP contribution is 2.25. The highest BCUT2D eigenvalue weighted by atomic mass is 16.5. The molecule has 1 N–H and O–H groups in total. The molecule has 0 aliphatic carbocycles. The summed E-state index contributed by atoms with van der Waals surface area (Å²) in [4.78, 5) is 23.8. The molecule has 0 unspecified atom stereocenters. The molecule has 116 valence electrons. The second kappa shape index (κ2) is 4.98. The van der Waals surface area contributed by atoms with Gasteiger partial charge in [-0.25, -0.2) is 14.8 Å². The van der Waals surface area contributed by atoms with Crippen LogP contribution in [-0.2, 0) is 6.54 Å². The van der Waals surface area contributed by atoms with E-state index < -0.39 is 0 Å². The third-order valence-electron chi connectivity index (χ3n) is 3.96. The molecular formula is C16H15N5O2. The maximum absolute atomic E-state index is 12.4. The molecule has 7 heteroatoms. The maximum Gasteiger partial charge on any atom is 0.332 e. The van der Waals surface area contributed by atoms with Crippen LogP contribution in [0.15, 0.2) is 41.6 Å². The van der Waals surface area contributed by atoms with Gasteiger partial charge in [-0.2, -0.15) is 0 Å². The second-order valence-corrected chi connectivity index (χ2v) is 5.18. The summed E-state index contributed by atoms with van der Waals surface area (Å²) >= 11 is 0. The first-order valence-corrected chi connectivity index (χ1v) is 7.32. The number of fused-ring (bicyclic) bond motifs is 2. The van der Waals surface area contributed by atoms with Crippen LogP contribution in [-0.4, -0.2) is 31.2 Å². The molecule has 4 aromatic rings. The minimum atomic E-state index is -0.251. The maximum atomic E-state index is 12.4. The fourth-order valence-corrected chi connectivity index (χ4v) is 2.85. The second-order valence-electron chi connectivity index (χ2n) is 5.18. The minimum absolute atomic E-state index is 0.251. The lowest BCUT2D eigenvalue weighted by molar-refractivity contribution is 0.418. The molecule has 3 aromatic heterocycles. The van der Waals surface area contributed by atoms with Crippen LogP contribution in [0.2, 0.25) is 0 Å². The molecule has 4 rings (SSSR count). The Balaban J connectivity index is 2.06. The summed E-state index contributed by atoms with van der Waals surface area (Å²) in [5.41, 5.74) is 3.50. The Morgan fingerprint density at radius 2 is 2.13 bits per heavy atom. The van der Waals surface area contributed by atoms with Gasteiger partial charge in [0.2, 0.25) is 0 Å². The van der Waals surface area contributed by atoms with E-state index in [-0.39, 0.29) is 5.69 Å².